The lowest BCUT2D eigenvalue weighted by molar-refractivity contribution is 0.0745. The second-order valence-electron chi connectivity index (χ2n) is 8.98. The molecule has 3 rings (SSSR count). The van der Waals surface area contributed by atoms with E-state index in [9.17, 15) is 5.11 Å². The minimum atomic E-state index is -1.09. The zero-order valence-corrected chi connectivity index (χ0v) is 21.2. The van der Waals surface area contributed by atoms with E-state index in [4.69, 9.17) is 26.3 Å². The van der Waals surface area contributed by atoms with Gasteiger partial charge in [-0.1, -0.05) is 53.7 Å². The highest BCUT2D eigenvalue weighted by Crippen LogP contribution is 2.35. The minimum Gasteiger partial charge on any atom is -0.388 e. The average molecular weight is 479 g/mol. The van der Waals surface area contributed by atoms with Gasteiger partial charge in [-0.25, -0.2) is 15.0 Å². The molecule has 31 heavy (non-hydrogen) atoms. The Kier molecular flexibility index (Phi) is 7.92. The molecule has 1 N–H and O–H groups in total. The van der Waals surface area contributed by atoms with Crippen LogP contribution in [-0.2, 0) is 4.74 Å². The van der Waals surface area contributed by atoms with E-state index >= 15 is 0 Å². The van der Waals surface area contributed by atoms with Crippen LogP contribution in [0, 0.1) is 0 Å². The molecule has 1 aliphatic heterocycles. The smallest absolute Gasteiger partial charge is 0.127 e. The molecule has 1 heterocycles. The van der Waals surface area contributed by atoms with Gasteiger partial charge in [0.05, 0.1) is 29.5 Å². The van der Waals surface area contributed by atoms with Gasteiger partial charge < -0.3 is 9.84 Å². The van der Waals surface area contributed by atoms with Crippen LogP contribution < -0.4 is 0 Å². The number of benzene rings is 2. The normalized spacial score (nSPS) is 17.5. The van der Waals surface area contributed by atoms with Gasteiger partial charge in [0.15, 0.2) is 0 Å². The van der Waals surface area contributed by atoms with Crippen molar-refractivity contribution in [2.45, 2.75) is 25.5 Å². The molecule has 168 valence electrons. The number of aliphatic imine (C=N–C) groups is 2. The molecule has 7 heteroatoms. The van der Waals surface area contributed by atoms with Crippen LogP contribution in [0.2, 0.25) is 5.02 Å². The lowest BCUT2D eigenvalue weighted by Crippen LogP contribution is -2.40. The standard InChI is InChI=1S/C24H31ClN2O2S2/c1-24(2,28)22-23(30-16-29-13-14-31(3,4)5)26-20-12-11-18(25)15-19(20)21(27-22)17-9-7-6-8-10-17/h6-12,15,22,28H,13-14,16H2,1-5H3. The Morgan fingerprint density at radius 1 is 1.13 bits per heavy atom. The highest BCUT2D eigenvalue weighted by Gasteiger charge is 2.34. The van der Waals surface area contributed by atoms with Crippen molar-refractivity contribution in [3.8, 4) is 0 Å². The minimum absolute atomic E-state index is 0.472. The largest absolute Gasteiger partial charge is 0.388 e. The second kappa shape index (κ2) is 10.1. The predicted molar refractivity (Wildman–Crippen MR) is 139 cm³/mol. The first-order chi connectivity index (χ1) is 14.5. The van der Waals surface area contributed by atoms with E-state index < -0.39 is 21.7 Å². The molecule has 1 atom stereocenters. The third kappa shape index (κ3) is 6.83. The maximum Gasteiger partial charge on any atom is 0.127 e. The summed E-state index contributed by atoms with van der Waals surface area (Å²) in [5, 5.41) is 12.3. The molecule has 0 bridgehead atoms. The van der Waals surface area contributed by atoms with Crippen molar-refractivity contribution in [1.82, 2.24) is 0 Å². The van der Waals surface area contributed by atoms with Crippen LogP contribution in [0.25, 0.3) is 0 Å². The van der Waals surface area contributed by atoms with Crippen LogP contribution in [0.3, 0.4) is 0 Å². The Labute approximate surface area is 196 Å². The molecule has 0 amide bonds. The molecular weight excluding hydrogens is 448 g/mol. The first-order valence-electron chi connectivity index (χ1n) is 10.2. The van der Waals surface area contributed by atoms with E-state index in [0.717, 1.165) is 39.9 Å². The van der Waals surface area contributed by atoms with Gasteiger partial charge in [0.1, 0.15) is 11.1 Å². The van der Waals surface area contributed by atoms with Gasteiger partial charge in [0, 0.05) is 21.9 Å². The molecule has 0 spiro atoms. The summed E-state index contributed by atoms with van der Waals surface area (Å²) in [4.78, 5) is 9.95. The summed E-state index contributed by atoms with van der Waals surface area (Å²) in [6, 6.07) is 15.1. The molecule has 1 unspecified atom stereocenters. The fraction of sp³-hybridized carbons (Fsp3) is 0.417. The summed E-state index contributed by atoms with van der Waals surface area (Å²) in [6.07, 6.45) is 6.85. The third-order valence-corrected chi connectivity index (χ3v) is 7.30. The summed E-state index contributed by atoms with van der Waals surface area (Å²) in [5.74, 6) is 1.53. The molecule has 2 aromatic carbocycles. The van der Waals surface area contributed by atoms with Crippen molar-refractivity contribution in [3.63, 3.8) is 0 Å². The van der Waals surface area contributed by atoms with E-state index in [1.807, 2.05) is 48.5 Å². The number of hydrogen-bond donors (Lipinski definition) is 1. The lowest BCUT2D eigenvalue weighted by Gasteiger charge is -2.27. The lowest BCUT2D eigenvalue weighted by atomic mass is 9.98. The van der Waals surface area contributed by atoms with Crippen molar-refractivity contribution < 1.29 is 9.84 Å². The highest BCUT2D eigenvalue weighted by molar-refractivity contribution is 8.32. The van der Waals surface area contributed by atoms with E-state index in [1.165, 1.54) is 11.8 Å². The van der Waals surface area contributed by atoms with Crippen molar-refractivity contribution in [1.29, 1.82) is 0 Å². The second-order valence-corrected chi connectivity index (χ2v) is 14.9. The van der Waals surface area contributed by atoms with Gasteiger partial charge in [0.25, 0.3) is 0 Å². The van der Waals surface area contributed by atoms with Gasteiger partial charge >= 0.3 is 0 Å². The number of rotatable bonds is 7. The van der Waals surface area contributed by atoms with Crippen molar-refractivity contribution in [2.75, 3.05) is 37.1 Å². The number of thioether (sulfide) groups is 1. The van der Waals surface area contributed by atoms with Gasteiger partial charge in [-0.15, -0.1) is 0 Å². The first kappa shape index (κ1) is 24.3. The monoisotopic (exact) mass is 478 g/mol. The molecule has 0 saturated carbocycles. The number of nitrogens with zero attached hydrogens (tertiary/aromatic N) is 2. The number of ether oxygens (including phenoxy) is 1. The number of hydrogen-bond acceptors (Lipinski definition) is 5. The Morgan fingerprint density at radius 3 is 2.48 bits per heavy atom. The molecule has 0 aliphatic carbocycles. The van der Waals surface area contributed by atoms with Crippen LogP contribution >= 0.6 is 33.4 Å². The molecule has 0 aromatic heterocycles. The van der Waals surface area contributed by atoms with Crippen LogP contribution in [0.5, 0.6) is 0 Å². The highest BCUT2D eigenvalue weighted by atomic mass is 35.5. The van der Waals surface area contributed by atoms with Crippen LogP contribution in [0.15, 0.2) is 58.5 Å². The Hall–Kier alpha value is -1.31. The van der Waals surface area contributed by atoms with E-state index in [0.29, 0.717) is 11.0 Å². The number of halogens is 1. The summed E-state index contributed by atoms with van der Waals surface area (Å²) in [5.41, 5.74) is 2.31. The van der Waals surface area contributed by atoms with Crippen molar-refractivity contribution >= 4 is 49.8 Å². The average Bonchev–Trinajstić information content (AvgIpc) is 2.84. The van der Waals surface area contributed by atoms with Crippen LogP contribution in [0.4, 0.5) is 5.69 Å². The molecule has 4 nitrogen and oxygen atoms in total. The van der Waals surface area contributed by atoms with Crippen molar-refractivity contribution in [2.24, 2.45) is 9.98 Å². The van der Waals surface area contributed by atoms with Crippen molar-refractivity contribution in [3.05, 3.63) is 64.7 Å². The van der Waals surface area contributed by atoms with Crippen LogP contribution in [0.1, 0.15) is 25.0 Å². The molecule has 0 radical (unpaired) electrons. The Morgan fingerprint density at radius 2 is 1.84 bits per heavy atom. The number of fused-ring (bicyclic) bond motifs is 1. The topological polar surface area (TPSA) is 54.2 Å². The molecule has 1 aliphatic rings. The molecular formula is C24H31ClN2O2S2. The summed E-state index contributed by atoms with van der Waals surface area (Å²) >= 11 is 7.82. The quantitative estimate of drug-likeness (QED) is 0.406. The summed E-state index contributed by atoms with van der Waals surface area (Å²) in [6.45, 7) is 4.26. The van der Waals surface area contributed by atoms with E-state index in [-0.39, 0.29) is 0 Å². The number of aliphatic hydroxyl groups is 1. The zero-order valence-electron chi connectivity index (χ0n) is 18.8. The molecule has 0 fully saturated rings. The molecule has 0 saturated heterocycles. The third-order valence-electron chi connectivity index (χ3n) is 4.78. The Balaban J connectivity index is 1.97. The summed E-state index contributed by atoms with van der Waals surface area (Å²) < 4.78 is 5.88. The van der Waals surface area contributed by atoms with Crippen LogP contribution in [-0.4, -0.2) is 64.6 Å². The first-order valence-corrected chi connectivity index (χ1v) is 14.5. The van der Waals surface area contributed by atoms with E-state index in [1.54, 1.807) is 13.8 Å². The zero-order chi connectivity index (χ0) is 22.6. The Bertz CT molecular complexity index is 964. The van der Waals surface area contributed by atoms with Gasteiger partial charge in [0.2, 0.25) is 0 Å². The predicted octanol–water partition coefficient (Wildman–Crippen LogP) is 5.76. The SMILES string of the molecule is CC(C)(O)C1N=C(c2ccccc2)c2cc(Cl)ccc2N=C1SCOCCS(C)(C)C. The maximum atomic E-state index is 11.0. The summed E-state index contributed by atoms with van der Waals surface area (Å²) in [7, 11) is -0.590. The molecule has 2 aromatic rings. The van der Waals surface area contributed by atoms with E-state index in [2.05, 4.69) is 18.8 Å². The maximum absolute atomic E-state index is 11.0. The van der Waals surface area contributed by atoms with Gasteiger partial charge in [-0.05, 0) is 50.8 Å². The fourth-order valence-electron chi connectivity index (χ4n) is 3.10. The van der Waals surface area contributed by atoms with Gasteiger partial charge in [-0.3, -0.25) is 4.99 Å². The van der Waals surface area contributed by atoms with Gasteiger partial charge in [-0.2, -0.15) is 0 Å². The fourth-order valence-corrected chi connectivity index (χ4v) is 4.87.